The van der Waals surface area contributed by atoms with Gasteiger partial charge < -0.3 is 4.90 Å². The van der Waals surface area contributed by atoms with Crippen molar-refractivity contribution >= 4 is 43.2 Å². The van der Waals surface area contributed by atoms with Crippen molar-refractivity contribution in [1.29, 1.82) is 0 Å². The second-order valence-electron chi connectivity index (χ2n) is 4.44. The van der Waals surface area contributed by atoms with Crippen LogP contribution in [0.3, 0.4) is 0 Å². The Morgan fingerprint density at radius 1 is 1.42 bits per heavy atom. The Kier molecular flexibility index (Phi) is 5.20. The summed E-state index contributed by atoms with van der Waals surface area (Å²) in [5.41, 5.74) is 2.19. The lowest BCUT2D eigenvalue weighted by Crippen LogP contribution is -2.48. The zero-order valence-corrected chi connectivity index (χ0v) is 14.1. The van der Waals surface area contributed by atoms with Crippen molar-refractivity contribution in [2.75, 3.05) is 28.7 Å². The van der Waals surface area contributed by atoms with E-state index in [1.807, 2.05) is 24.3 Å². The number of halogens is 1. The van der Waals surface area contributed by atoms with Gasteiger partial charge in [0.05, 0.1) is 0 Å². The van der Waals surface area contributed by atoms with Crippen molar-refractivity contribution in [3.8, 4) is 0 Å². The summed E-state index contributed by atoms with van der Waals surface area (Å²) in [6, 6.07) is 8.02. The van der Waals surface area contributed by atoms with Crippen LogP contribution in [0.1, 0.15) is 12.5 Å². The highest BCUT2D eigenvalue weighted by Crippen LogP contribution is 2.30. The lowest BCUT2D eigenvalue weighted by atomic mass is 10.2. The SMILES string of the molecule is CCS(=O)(=O)C1CSCCN1c1ccccc1CBr. The molecule has 6 heteroatoms. The standard InChI is InChI=1S/C13H18BrNO2S2/c1-2-19(16,17)13-10-18-8-7-15(13)12-6-4-3-5-11(12)9-14/h3-6,13H,2,7-10H2,1H3. The Balaban J connectivity index is 2.40. The van der Waals surface area contributed by atoms with Gasteiger partial charge in [-0.1, -0.05) is 41.1 Å². The molecule has 0 bridgehead atoms. The number of thioether (sulfide) groups is 1. The molecule has 0 amide bonds. The molecule has 0 radical (unpaired) electrons. The summed E-state index contributed by atoms with van der Waals surface area (Å²) in [4.78, 5) is 2.06. The first-order chi connectivity index (χ1) is 9.10. The van der Waals surface area contributed by atoms with Crippen LogP contribution in [0.2, 0.25) is 0 Å². The highest BCUT2D eigenvalue weighted by atomic mass is 79.9. The van der Waals surface area contributed by atoms with Crippen LogP contribution >= 0.6 is 27.7 Å². The average molecular weight is 364 g/mol. The summed E-state index contributed by atoms with van der Waals surface area (Å²) < 4.78 is 24.5. The van der Waals surface area contributed by atoms with E-state index in [0.717, 1.165) is 28.9 Å². The summed E-state index contributed by atoms with van der Waals surface area (Å²) in [5.74, 6) is 1.84. The van der Waals surface area contributed by atoms with Crippen molar-refractivity contribution in [2.45, 2.75) is 17.6 Å². The number of hydrogen-bond acceptors (Lipinski definition) is 4. The first-order valence-corrected chi connectivity index (χ1v) is 10.3. The van der Waals surface area contributed by atoms with Crippen molar-refractivity contribution in [2.24, 2.45) is 0 Å². The maximum Gasteiger partial charge on any atom is 0.171 e. The third-order valence-corrected chi connectivity index (χ3v) is 7.24. The van der Waals surface area contributed by atoms with Crippen molar-refractivity contribution in [1.82, 2.24) is 0 Å². The Morgan fingerprint density at radius 3 is 2.84 bits per heavy atom. The first kappa shape index (κ1) is 15.2. The van der Waals surface area contributed by atoms with Gasteiger partial charge in [-0.3, -0.25) is 0 Å². The summed E-state index contributed by atoms with van der Waals surface area (Å²) in [5, 5.41) is 0.350. The van der Waals surface area contributed by atoms with Crippen LogP contribution < -0.4 is 4.90 Å². The minimum absolute atomic E-state index is 0.200. The Labute approximate surface area is 127 Å². The molecule has 0 aliphatic carbocycles. The second kappa shape index (κ2) is 6.50. The molecule has 1 unspecified atom stereocenters. The average Bonchev–Trinajstić information content (AvgIpc) is 2.47. The van der Waals surface area contributed by atoms with Gasteiger partial charge in [-0.2, -0.15) is 11.8 Å². The van der Waals surface area contributed by atoms with Crippen LogP contribution in [0.4, 0.5) is 5.69 Å². The molecule has 0 spiro atoms. The van der Waals surface area contributed by atoms with Gasteiger partial charge in [0, 0.05) is 34.8 Å². The van der Waals surface area contributed by atoms with Gasteiger partial charge in [-0.15, -0.1) is 0 Å². The lowest BCUT2D eigenvalue weighted by Gasteiger charge is -2.37. The third-order valence-electron chi connectivity index (χ3n) is 3.35. The molecule has 2 rings (SSSR count). The van der Waals surface area contributed by atoms with Gasteiger partial charge in [0.1, 0.15) is 5.37 Å². The van der Waals surface area contributed by atoms with Crippen molar-refractivity contribution < 1.29 is 8.42 Å². The number of anilines is 1. The van der Waals surface area contributed by atoms with Gasteiger partial charge in [-0.05, 0) is 11.6 Å². The molecular weight excluding hydrogens is 346 g/mol. The number of benzene rings is 1. The summed E-state index contributed by atoms with van der Waals surface area (Å²) in [6.45, 7) is 2.52. The fourth-order valence-electron chi connectivity index (χ4n) is 2.25. The molecular formula is C13H18BrNO2S2. The molecule has 1 saturated heterocycles. The molecule has 3 nitrogen and oxygen atoms in total. The van der Waals surface area contributed by atoms with Crippen molar-refractivity contribution in [3.05, 3.63) is 29.8 Å². The molecule has 106 valence electrons. The molecule has 1 atom stereocenters. The van der Waals surface area contributed by atoms with Crippen LogP contribution in [0.25, 0.3) is 0 Å². The minimum Gasteiger partial charge on any atom is -0.353 e. The molecule has 1 aliphatic rings. The van der Waals surface area contributed by atoms with Crippen LogP contribution in [-0.2, 0) is 15.2 Å². The van der Waals surface area contributed by atoms with E-state index in [4.69, 9.17) is 0 Å². The van der Waals surface area contributed by atoms with E-state index in [1.165, 1.54) is 0 Å². The maximum atomic E-state index is 12.3. The quantitative estimate of drug-likeness (QED) is 0.770. The topological polar surface area (TPSA) is 37.4 Å². The zero-order valence-electron chi connectivity index (χ0n) is 10.9. The first-order valence-electron chi connectivity index (χ1n) is 6.30. The Hall–Kier alpha value is -0.200. The van der Waals surface area contributed by atoms with Crippen molar-refractivity contribution in [3.63, 3.8) is 0 Å². The van der Waals surface area contributed by atoms with E-state index in [0.29, 0.717) is 5.75 Å². The van der Waals surface area contributed by atoms with E-state index in [2.05, 4.69) is 20.8 Å². The summed E-state index contributed by atoms with van der Waals surface area (Å²) in [6.07, 6.45) is 0. The van der Waals surface area contributed by atoms with Crippen LogP contribution in [0.15, 0.2) is 24.3 Å². The Bertz CT molecular complexity index is 533. The number of nitrogens with zero attached hydrogens (tertiary/aromatic N) is 1. The highest BCUT2D eigenvalue weighted by molar-refractivity contribution is 9.08. The van der Waals surface area contributed by atoms with E-state index in [-0.39, 0.29) is 5.75 Å². The van der Waals surface area contributed by atoms with Crippen LogP contribution in [0.5, 0.6) is 0 Å². The maximum absolute atomic E-state index is 12.3. The number of rotatable bonds is 4. The van der Waals surface area contributed by atoms with Gasteiger partial charge in [-0.25, -0.2) is 8.42 Å². The molecule has 1 aromatic rings. The molecule has 19 heavy (non-hydrogen) atoms. The monoisotopic (exact) mass is 363 g/mol. The van der Waals surface area contributed by atoms with Crippen LogP contribution in [-0.4, -0.2) is 37.6 Å². The largest absolute Gasteiger partial charge is 0.353 e. The summed E-state index contributed by atoms with van der Waals surface area (Å²) >= 11 is 5.21. The van der Waals surface area contributed by atoms with E-state index in [9.17, 15) is 8.42 Å². The fraction of sp³-hybridized carbons (Fsp3) is 0.538. The molecule has 1 aliphatic heterocycles. The van der Waals surface area contributed by atoms with E-state index >= 15 is 0 Å². The van der Waals surface area contributed by atoms with E-state index < -0.39 is 15.2 Å². The molecule has 0 N–H and O–H groups in total. The fourth-order valence-corrected chi connectivity index (χ4v) is 5.71. The van der Waals surface area contributed by atoms with Gasteiger partial charge in [0.15, 0.2) is 9.84 Å². The number of para-hydroxylation sites is 1. The van der Waals surface area contributed by atoms with Gasteiger partial charge in [0.2, 0.25) is 0 Å². The second-order valence-corrected chi connectivity index (χ2v) is 8.59. The highest BCUT2D eigenvalue weighted by Gasteiger charge is 2.33. The van der Waals surface area contributed by atoms with Gasteiger partial charge >= 0.3 is 0 Å². The molecule has 1 heterocycles. The molecule has 0 saturated carbocycles. The smallest absolute Gasteiger partial charge is 0.171 e. The number of hydrogen-bond donors (Lipinski definition) is 0. The predicted molar refractivity (Wildman–Crippen MR) is 87.0 cm³/mol. The zero-order chi connectivity index (χ0) is 13.9. The third kappa shape index (κ3) is 3.28. The van der Waals surface area contributed by atoms with Crippen LogP contribution in [0, 0.1) is 0 Å². The normalized spacial score (nSPS) is 20.5. The lowest BCUT2D eigenvalue weighted by molar-refractivity contribution is 0.579. The molecule has 0 aromatic heterocycles. The summed E-state index contributed by atoms with van der Waals surface area (Å²) in [7, 11) is -3.05. The Morgan fingerprint density at radius 2 is 2.16 bits per heavy atom. The predicted octanol–water partition coefficient (Wildman–Crippen LogP) is 2.90. The minimum atomic E-state index is -3.05. The van der Waals surface area contributed by atoms with E-state index in [1.54, 1.807) is 18.7 Å². The number of sulfone groups is 1. The molecule has 1 aromatic carbocycles. The van der Waals surface area contributed by atoms with Gasteiger partial charge in [0.25, 0.3) is 0 Å². The number of alkyl halides is 1. The molecule has 1 fully saturated rings.